The molecule has 0 spiro atoms. The number of nitrogen functional groups attached to an aromatic ring is 1. The molecule has 0 amide bonds. The highest BCUT2D eigenvalue weighted by Gasteiger charge is 2.08. The van der Waals surface area contributed by atoms with Crippen molar-refractivity contribution in [1.29, 1.82) is 0 Å². The molecular formula is C10H12N4O. The van der Waals surface area contributed by atoms with Gasteiger partial charge in [-0.2, -0.15) is 0 Å². The van der Waals surface area contributed by atoms with E-state index in [1.165, 1.54) is 0 Å². The number of aromatic nitrogens is 3. The van der Waals surface area contributed by atoms with Gasteiger partial charge in [-0.1, -0.05) is 0 Å². The second-order valence-electron chi connectivity index (χ2n) is 3.18. The number of anilines is 1. The third-order valence-electron chi connectivity index (χ3n) is 2.18. The average Bonchev–Trinajstić information content (AvgIpc) is 2.64. The lowest BCUT2D eigenvalue weighted by molar-refractivity contribution is 0.412. The summed E-state index contributed by atoms with van der Waals surface area (Å²) in [5, 5.41) is 7.73. The third-order valence-corrected chi connectivity index (χ3v) is 2.18. The summed E-state index contributed by atoms with van der Waals surface area (Å²) >= 11 is 0. The Hall–Kier alpha value is -2.04. The van der Waals surface area contributed by atoms with E-state index >= 15 is 0 Å². The summed E-state index contributed by atoms with van der Waals surface area (Å²) in [5.41, 5.74) is 7.26. The fourth-order valence-corrected chi connectivity index (χ4v) is 1.42. The van der Waals surface area contributed by atoms with E-state index in [1.807, 2.05) is 23.6 Å². The van der Waals surface area contributed by atoms with Gasteiger partial charge in [0, 0.05) is 5.69 Å². The van der Waals surface area contributed by atoms with Crippen LogP contribution >= 0.6 is 0 Å². The zero-order valence-corrected chi connectivity index (χ0v) is 8.64. The molecule has 5 nitrogen and oxygen atoms in total. The van der Waals surface area contributed by atoms with Crippen molar-refractivity contribution in [3.63, 3.8) is 0 Å². The van der Waals surface area contributed by atoms with Crippen LogP contribution in [0.4, 0.5) is 5.69 Å². The molecule has 2 N–H and O–H groups in total. The van der Waals surface area contributed by atoms with Crippen LogP contribution in [0.5, 0.6) is 5.75 Å². The second-order valence-corrected chi connectivity index (χ2v) is 3.18. The zero-order valence-electron chi connectivity index (χ0n) is 8.64. The molecule has 0 saturated heterocycles. The van der Waals surface area contributed by atoms with Gasteiger partial charge in [0.1, 0.15) is 17.9 Å². The highest BCUT2D eigenvalue weighted by molar-refractivity contribution is 5.56. The summed E-state index contributed by atoms with van der Waals surface area (Å²) in [7, 11) is 1.62. The Kier molecular flexibility index (Phi) is 2.29. The van der Waals surface area contributed by atoms with E-state index in [0.29, 0.717) is 5.69 Å². The van der Waals surface area contributed by atoms with Crippen molar-refractivity contribution in [3.05, 3.63) is 30.4 Å². The minimum Gasteiger partial charge on any atom is -0.495 e. The molecule has 0 unspecified atom stereocenters. The summed E-state index contributed by atoms with van der Waals surface area (Å²) in [6.07, 6.45) is 1.63. The minimum absolute atomic E-state index is 0.680. The quantitative estimate of drug-likeness (QED) is 0.745. The highest BCUT2D eigenvalue weighted by Crippen LogP contribution is 2.25. The molecule has 0 saturated carbocycles. The molecule has 0 bridgehead atoms. The molecule has 1 aromatic carbocycles. The van der Waals surface area contributed by atoms with E-state index in [9.17, 15) is 0 Å². The average molecular weight is 204 g/mol. The Labute approximate surface area is 87.5 Å². The first-order chi connectivity index (χ1) is 7.22. The largest absolute Gasteiger partial charge is 0.495 e. The summed E-state index contributed by atoms with van der Waals surface area (Å²) in [4.78, 5) is 0. The topological polar surface area (TPSA) is 66.0 Å². The number of hydrogen-bond donors (Lipinski definition) is 1. The first-order valence-corrected chi connectivity index (χ1v) is 4.53. The smallest absolute Gasteiger partial charge is 0.143 e. The van der Waals surface area contributed by atoms with Gasteiger partial charge >= 0.3 is 0 Å². The number of hydrogen-bond acceptors (Lipinski definition) is 4. The predicted octanol–water partition coefficient (Wildman–Crippen LogP) is 1.17. The maximum absolute atomic E-state index is 5.73. The molecule has 2 rings (SSSR count). The highest BCUT2D eigenvalue weighted by atomic mass is 16.5. The Morgan fingerprint density at radius 2 is 2.20 bits per heavy atom. The van der Waals surface area contributed by atoms with Crippen LogP contribution in [0.15, 0.2) is 24.5 Å². The maximum Gasteiger partial charge on any atom is 0.143 e. The SMILES string of the molecule is COc1ccc(N)cc1-n1cnnc1C. The van der Waals surface area contributed by atoms with Crippen LogP contribution < -0.4 is 10.5 Å². The van der Waals surface area contributed by atoms with Crippen LogP contribution in [0.3, 0.4) is 0 Å². The summed E-state index contributed by atoms with van der Waals surface area (Å²) in [6, 6.07) is 5.45. The van der Waals surface area contributed by atoms with Gasteiger partial charge in [-0.15, -0.1) is 10.2 Å². The van der Waals surface area contributed by atoms with Gasteiger partial charge in [0.25, 0.3) is 0 Å². The van der Waals surface area contributed by atoms with Crippen molar-refractivity contribution in [2.24, 2.45) is 0 Å². The Morgan fingerprint density at radius 1 is 1.40 bits per heavy atom. The van der Waals surface area contributed by atoms with Gasteiger partial charge in [0.05, 0.1) is 12.8 Å². The van der Waals surface area contributed by atoms with Crippen LogP contribution in [0.1, 0.15) is 5.82 Å². The molecule has 0 radical (unpaired) electrons. The van der Waals surface area contributed by atoms with Gasteiger partial charge in [0.2, 0.25) is 0 Å². The monoisotopic (exact) mass is 204 g/mol. The van der Waals surface area contributed by atoms with Gasteiger partial charge in [-0.05, 0) is 25.1 Å². The van der Waals surface area contributed by atoms with Crippen molar-refractivity contribution in [2.75, 3.05) is 12.8 Å². The van der Waals surface area contributed by atoms with Crippen LogP contribution in [0.2, 0.25) is 0 Å². The Morgan fingerprint density at radius 3 is 2.80 bits per heavy atom. The van der Waals surface area contributed by atoms with Crippen LogP contribution in [-0.4, -0.2) is 21.9 Å². The summed E-state index contributed by atoms with van der Waals surface area (Å²) in [6.45, 7) is 1.87. The van der Waals surface area contributed by atoms with E-state index < -0.39 is 0 Å². The number of benzene rings is 1. The standard InChI is InChI=1S/C10H12N4O/c1-7-13-12-6-14(7)9-5-8(11)3-4-10(9)15-2/h3-6H,11H2,1-2H3. The fraction of sp³-hybridized carbons (Fsp3) is 0.200. The van der Waals surface area contributed by atoms with Gasteiger partial charge in [0.15, 0.2) is 0 Å². The normalized spacial score (nSPS) is 10.3. The van der Waals surface area contributed by atoms with Crippen molar-refractivity contribution in [1.82, 2.24) is 14.8 Å². The van der Waals surface area contributed by atoms with Crippen molar-refractivity contribution in [3.8, 4) is 11.4 Å². The van der Waals surface area contributed by atoms with E-state index in [1.54, 1.807) is 19.5 Å². The molecule has 0 aliphatic heterocycles. The number of nitrogens with zero attached hydrogens (tertiary/aromatic N) is 3. The van der Waals surface area contributed by atoms with E-state index in [-0.39, 0.29) is 0 Å². The summed E-state index contributed by atoms with van der Waals surface area (Å²) < 4.78 is 7.08. The van der Waals surface area contributed by atoms with E-state index in [0.717, 1.165) is 17.3 Å². The van der Waals surface area contributed by atoms with Crippen molar-refractivity contribution in [2.45, 2.75) is 6.92 Å². The Bertz CT molecular complexity index is 478. The molecule has 15 heavy (non-hydrogen) atoms. The molecule has 1 heterocycles. The van der Waals surface area contributed by atoms with Crippen LogP contribution in [0, 0.1) is 6.92 Å². The number of rotatable bonds is 2. The van der Waals surface area contributed by atoms with E-state index in [2.05, 4.69) is 10.2 Å². The molecule has 1 aromatic heterocycles. The summed E-state index contributed by atoms with van der Waals surface area (Å²) in [5.74, 6) is 1.53. The molecule has 78 valence electrons. The molecule has 0 aliphatic carbocycles. The second kappa shape index (κ2) is 3.61. The van der Waals surface area contributed by atoms with Crippen molar-refractivity contribution < 1.29 is 4.74 Å². The lowest BCUT2D eigenvalue weighted by atomic mass is 10.2. The Balaban J connectivity index is 2.60. The molecule has 0 atom stereocenters. The first-order valence-electron chi connectivity index (χ1n) is 4.53. The lowest BCUT2D eigenvalue weighted by Gasteiger charge is -2.10. The fourth-order valence-electron chi connectivity index (χ4n) is 1.42. The van der Waals surface area contributed by atoms with Gasteiger partial charge < -0.3 is 10.5 Å². The third kappa shape index (κ3) is 1.63. The molecule has 0 aliphatic rings. The maximum atomic E-state index is 5.73. The molecule has 5 heteroatoms. The number of nitrogens with two attached hydrogens (primary N) is 1. The zero-order chi connectivity index (χ0) is 10.8. The molecule has 0 fully saturated rings. The molecular weight excluding hydrogens is 192 g/mol. The van der Waals surface area contributed by atoms with Crippen LogP contribution in [0.25, 0.3) is 5.69 Å². The van der Waals surface area contributed by atoms with Crippen LogP contribution in [-0.2, 0) is 0 Å². The number of aryl methyl sites for hydroxylation is 1. The predicted molar refractivity (Wildman–Crippen MR) is 57.1 cm³/mol. The minimum atomic E-state index is 0.680. The lowest BCUT2D eigenvalue weighted by Crippen LogP contribution is -2.00. The van der Waals surface area contributed by atoms with Crippen molar-refractivity contribution >= 4 is 5.69 Å². The first kappa shape index (κ1) is 9.51. The number of methoxy groups -OCH3 is 1. The van der Waals surface area contributed by atoms with Gasteiger partial charge in [-0.3, -0.25) is 4.57 Å². The molecule has 2 aromatic rings. The van der Waals surface area contributed by atoms with Gasteiger partial charge in [-0.25, -0.2) is 0 Å². The number of ether oxygens (including phenoxy) is 1. The van der Waals surface area contributed by atoms with E-state index in [4.69, 9.17) is 10.5 Å².